The van der Waals surface area contributed by atoms with Crippen LogP contribution < -0.4 is 0 Å². The van der Waals surface area contributed by atoms with Gasteiger partial charge in [0.05, 0.1) is 16.6 Å². The van der Waals surface area contributed by atoms with Gasteiger partial charge in [-0.15, -0.1) is 0 Å². The first-order chi connectivity index (χ1) is 9.47. The van der Waals surface area contributed by atoms with Crippen molar-refractivity contribution in [2.75, 3.05) is 0 Å². The molecule has 1 atom stereocenters. The lowest BCUT2D eigenvalue weighted by molar-refractivity contribution is -0.150. The lowest BCUT2D eigenvalue weighted by Crippen LogP contribution is -2.41. The largest absolute Gasteiger partial charge is 0.490 e. The Morgan fingerprint density at radius 1 is 1.29 bits per heavy atom. The summed E-state index contributed by atoms with van der Waals surface area (Å²) in [5.41, 5.74) is -0.172. The van der Waals surface area contributed by atoms with Crippen molar-refractivity contribution in [3.05, 3.63) is 11.5 Å². The first-order valence-corrected chi connectivity index (χ1v) is 7.75. The van der Waals surface area contributed by atoms with Crippen LogP contribution in [0.15, 0.2) is 11.5 Å². The first-order valence-electron chi connectivity index (χ1n) is 7.75. The maximum atomic E-state index is 11.4. The molecule has 1 aliphatic carbocycles. The highest BCUT2D eigenvalue weighted by atomic mass is 16.7. The molecule has 0 amide bonds. The molecular weight excluding hydrogens is 267 g/mol. The number of carbonyl (C=O) groups is 1. The van der Waals surface area contributed by atoms with Crippen molar-refractivity contribution >= 4 is 13.1 Å². The van der Waals surface area contributed by atoms with Crippen LogP contribution in [-0.2, 0) is 14.1 Å². The predicted molar refractivity (Wildman–Crippen MR) is 82.9 cm³/mol. The third-order valence-corrected chi connectivity index (χ3v) is 5.57. The molecule has 0 aromatic heterocycles. The zero-order valence-electron chi connectivity index (χ0n) is 14.0. The van der Waals surface area contributed by atoms with Crippen molar-refractivity contribution in [1.82, 2.24) is 0 Å². The second-order valence-corrected chi connectivity index (χ2v) is 7.87. The monoisotopic (exact) mass is 294 g/mol. The SMILES string of the molecule is CC(C)(C(=O)O)C1CC=C(B2OC(C)(C)C(C)(C)O2)CC1. The Balaban J connectivity index is 2.07. The fraction of sp³-hybridized carbons (Fsp3) is 0.812. The van der Waals surface area contributed by atoms with Crippen molar-refractivity contribution < 1.29 is 19.2 Å². The standard InChI is InChI=1S/C16H27BO4/c1-14(2,13(18)19)11-7-9-12(10-8-11)17-20-15(3,4)16(5,6)21-17/h9,11H,7-8,10H2,1-6H3,(H,18,19). The Morgan fingerprint density at radius 2 is 1.81 bits per heavy atom. The van der Waals surface area contributed by atoms with Crippen molar-refractivity contribution in [2.45, 2.75) is 72.0 Å². The molecule has 0 radical (unpaired) electrons. The minimum atomic E-state index is -0.722. The van der Waals surface area contributed by atoms with Gasteiger partial charge in [-0.1, -0.05) is 6.08 Å². The van der Waals surface area contributed by atoms with Crippen molar-refractivity contribution in [2.24, 2.45) is 11.3 Å². The quantitative estimate of drug-likeness (QED) is 0.810. The molecule has 1 unspecified atom stereocenters. The van der Waals surface area contributed by atoms with E-state index in [1.165, 1.54) is 0 Å². The second-order valence-electron chi connectivity index (χ2n) is 7.87. The van der Waals surface area contributed by atoms with E-state index in [0.717, 1.165) is 24.7 Å². The third kappa shape index (κ3) is 2.91. The summed E-state index contributed by atoms with van der Waals surface area (Å²) >= 11 is 0. The Labute approximate surface area is 128 Å². The summed E-state index contributed by atoms with van der Waals surface area (Å²) in [6.07, 6.45) is 4.62. The summed E-state index contributed by atoms with van der Waals surface area (Å²) in [7, 11) is -0.288. The number of aliphatic carboxylic acids is 1. The van der Waals surface area contributed by atoms with E-state index in [1.807, 2.05) is 41.5 Å². The molecule has 2 aliphatic rings. The van der Waals surface area contributed by atoms with Gasteiger partial charge in [0.1, 0.15) is 0 Å². The normalized spacial score (nSPS) is 28.4. The minimum Gasteiger partial charge on any atom is -0.481 e. The van der Waals surface area contributed by atoms with Gasteiger partial charge in [0.2, 0.25) is 0 Å². The Morgan fingerprint density at radius 3 is 2.19 bits per heavy atom. The summed E-state index contributed by atoms with van der Waals surface area (Å²) in [6, 6.07) is 0. The van der Waals surface area contributed by atoms with Crippen LogP contribution in [0.25, 0.3) is 0 Å². The molecule has 2 rings (SSSR count). The highest BCUT2D eigenvalue weighted by Crippen LogP contribution is 2.43. The fourth-order valence-corrected chi connectivity index (χ4v) is 2.89. The number of carboxylic acid groups (broad SMARTS) is 1. The molecule has 4 nitrogen and oxygen atoms in total. The van der Waals surface area contributed by atoms with Crippen LogP contribution in [0.4, 0.5) is 0 Å². The van der Waals surface area contributed by atoms with E-state index in [1.54, 1.807) is 0 Å². The van der Waals surface area contributed by atoms with E-state index in [0.29, 0.717) is 0 Å². The summed E-state index contributed by atoms with van der Waals surface area (Å²) in [4.78, 5) is 11.4. The van der Waals surface area contributed by atoms with E-state index < -0.39 is 11.4 Å². The highest BCUT2D eigenvalue weighted by Gasteiger charge is 2.52. The zero-order chi connectivity index (χ0) is 16.1. The average Bonchev–Trinajstić information content (AvgIpc) is 2.58. The van der Waals surface area contributed by atoms with Gasteiger partial charge in [0.15, 0.2) is 0 Å². The van der Waals surface area contributed by atoms with E-state index in [4.69, 9.17) is 9.31 Å². The maximum absolute atomic E-state index is 11.4. The molecule has 1 aliphatic heterocycles. The molecule has 0 saturated carbocycles. The number of rotatable bonds is 3. The number of hydrogen-bond acceptors (Lipinski definition) is 3. The minimum absolute atomic E-state index is 0.168. The molecule has 0 bridgehead atoms. The third-order valence-electron chi connectivity index (χ3n) is 5.57. The number of hydrogen-bond donors (Lipinski definition) is 1. The Bertz CT molecular complexity index is 449. The molecule has 1 saturated heterocycles. The van der Waals surface area contributed by atoms with Crippen LogP contribution in [0.3, 0.4) is 0 Å². The van der Waals surface area contributed by atoms with Gasteiger partial charge in [-0.2, -0.15) is 0 Å². The molecule has 21 heavy (non-hydrogen) atoms. The Hall–Kier alpha value is -0.805. The zero-order valence-corrected chi connectivity index (χ0v) is 14.0. The van der Waals surface area contributed by atoms with Gasteiger partial charge in [0.25, 0.3) is 0 Å². The van der Waals surface area contributed by atoms with E-state index in [-0.39, 0.29) is 24.2 Å². The van der Waals surface area contributed by atoms with Crippen molar-refractivity contribution in [3.63, 3.8) is 0 Å². The topological polar surface area (TPSA) is 55.8 Å². The highest BCUT2D eigenvalue weighted by molar-refractivity contribution is 6.54. The van der Waals surface area contributed by atoms with E-state index in [2.05, 4.69) is 6.08 Å². The van der Waals surface area contributed by atoms with Crippen LogP contribution in [0.5, 0.6) is 0 Å². The molecule has 5 heteroatoms. The lowest BCUT2D eigenvalue weighted by atomic mass is 9.65. The number of allylic oxidation sites excluding steroid dienone is 2. The van der Waals surface area contributed by atoms with Crippen molar-refractivity contribution in [3.8, 4) is 0 Å². The van der Waals surface area contributed by atoms with Gasteiger partial charge in [-0.25, -0.2) is 0 Å². The molecule has 0 aromatic carbocycles. The van der Waals surface area contributed by atoms with Crippen molar-refractivity contribution in [1.29, 1.82) is 0 Å². The predicted octanol–water partition coefficient (Wildman–Crippen LogP) is 3.46. The molecule has 0 aromatic rings. The lowest BCUT2D eigenvalue weighted by Gasteiger charge is -2.33. The van der Waals surface area contributed by atoms with E-state index >= 15 is 0 Å². The molecule has 118 valence electrons. The summed E-state index contributed by atoms with van der Waals surface area (Å²) < 4.78 is 12.1. The van der Waals surface area contributed by atoms with Gasteiger partial charge in [0, 0.05) is 0 Å². The Kier molecular flexibility index (Phi) is 4.05. The van der Waals surface area contributed by atoms with Crippen LogP contribution in [0, 0.1) is 11.3 Å². The maximum Gasteiger partial charge on any atom is 0.490 e. The molecular formula is C16H27BO4. The molecule has 0 spiro atoms. The molecule has 1 fully saturated rings. The summed E-state index contributed by atoms with van der Waals surface area (Å²) in [5, 5.41) is 9.34. The molecule has 1 heterocycles. The number of carboxylic acids is 1. The van der Waals surface area contributed by atoms with Gasteiger partial charge < -0.3 is 14.4 Å². The molecule has 1 N–H and O–H groups in total. The van der Waals surface area contributed by atoms with Crippen LogP contribution >= 0.6 is 0 Å². The van der Waals surface area contributed by atoms with Crippen LogP contribution in [0.2, 0.25) is 0 Å². The first kappa shape index (κ1) is 16.6. The van der Waals surface area contributed by atoms with Gasteiger partial charge in [-0.3, -0.25) is 4.79 Å². The summed E-state index contributed by atoms with van der Waals surface area (Å²) in [5.74, 6) is -0.554. The van der Waals surface area contributed by atoms with Gasteiger partial charge >= 0.3 is 13.1 Å². The van der Waals surface area contributed by atoms with Crippen LogP contribution in [0.1, 0.15) is 60.8 Å². The van der Waals surface area contributed by atoms with E-state index in [9.17, 15) is 9.90 Å². The smallest absolute Gasteiger partial charge is 0.481 e. The second kappa shape index (κ2) is 5.13. The average molecular weight is 294 g/mol. The van der Waals surface area contributed by atoms with Crippen LogP contribution in [-0.4, -0.2) is 29.4 Å². The van der Waals surface area contributed by atoms with Gasteiger partial charge in [-0.05, 0) is 72.2 Å². The fourth-order valence-electron chi connectivity index (χ4n) is 2.89. The summed E-state index contributed by atoms with van der Waals surface area (Å²) in [6.45, 7) is 11.8.